The normalized spacial score (nSPS) is 29.1. The minimum Gasteiger partial charge on any atom is -0.394 e. The van der Waals surface area contributed by atoms with E-state index in [4.69, 9.17) is 22.1 Å². The van der Waals surface area contributed by atoms with Gasteiger partial charge in [0.2, 0.25) is 4.77 Å². The largest absolute Gasteiger partial charge is 0.394 e. The van der Waals surface area contributed by atoms with Crippen molar-refractivity contribution in [1.82, 2.24) is 19.5 Å². The van der Waals surface area contributed by atoms with Crippen molar-refractivity contribution in [2.75, 3.05) is 6.61 Å². The first-order chi connectivity index (χ1) is 10.0. The van der Waals surface area contributed by atoms with E-state index in [9.17, 15) is 15.0 Å². The highest BCUT2D eigenvalue weighted by molar-refractivity contribution is 7.71. The maximum atomic E-state index is 11.2. The molecule has 1 aliphatic rings. The van der Waals surface area contributed by atoms with Gasteiger partial charge in [-0.3, -0.25) is 9.36 Å². The van der Waals surface area contributed by atoms with E-state index in [2.05, 4.69) is 15.0 Å². The van der Waals surface area contributed by atoms with Gasteiger partial charge in [0.05, 0.1) is 12.8 Å². The van der Waals surface area contributed by atoms with E-state index in [1.54, 1.807) is 0 Å². The van der Waals surface area contributed by atoms with Crippen molar-refractivity contribution in [2.45, 2.75) is 24.5 Å². The quantitative estimate of drug-likeness (QED) is 0.490. The molecule has 1 fully saturated rings. The molecule has 2 aromatic heterocycles. The molecule has 21 heavy (non-hydrogen) atoms. The Kier molecular flexibility index (Phi) is 3.55. The van der Waals surface area contributed by atoms with Gasteiger partial charge in [-0.1, -0.05) is 0 Å². The van der Waals surface area contributed by atoms with E-state index < -0.39 is 36.7 Å². The summed E-state index contributed by atoms with van der Waals surface area (Å²) in [5, 5.41) is 28.8. The zero-order valence-corrected chi connectivity index (χ0v) is 11.4. The summed E-state index contributed by atoms with van der Waals surface area (Å²) in [5.41, 5.74) is 0.159. The number of hydrogen-bond acceptors (Lipinski definition) is 8. The van der Waals surface area contributed by atoms with Crippen LogP contribution in [0.2, 0.25) is 0 Å². The molecule has 0 aromatic carbocycles. The Morgan fingerprint density at radius 1 is 1.43 bits per heavy atom. The van der Waals surface area contributed by atoms with Gasteiger partial charge >= 0.3 is 0 Å². The number of H-pyrrole nitrogens is 1. The summed E-state index contributed by atoms with van der Waals surface area (Å²) >= 11 is 5.09. The lowest BCUT2D eigenvalue weighted by atomic mass is 10.1. The third-order valence-corrected chi connectivity index (χ3v) is 3.59. The summed E-state index contributed by atoms with van der Waals surface area (Å²) in [7, 11) is 0. The van der Waals surface area contributed by atoms with Gasteiger partial charge < -0.3 is 25.0 Å². The first kappa shape index (κ1) is 14.2. The van der Waals surface area contributed by atoms with Crippen molar-refractivity contribution < 1.29 is 20.1 Å². The number of ether oxygens (including phenoxy) is 1. The van der Waals surface area contributed by atoms with Gasteiger partial charge in [0.1, 0.15) is 23.8 Å². The minimum atomic E-state index is -1.27. The van der Waals surface area contributed by atoms with E-state index >= 15 is 0 Å². The Hall–Kier alpha value is -1.72. The topological polar surface area (TPSA) is 133 Å². The summed E-state index contributed by atoms with van der Waals surface area (Å²) in [5.74, 6) is 0. The summed E-state index contributed by atoms with van der Waals surface area (Å²) in [6.45, 7) is -0.436. The van der Waals surface area contributed by atoms with Crippen LogP contribution in [0.1, 0.15) is 6.23 Å². The Morgan fingerprint density at radius 3 is 2.86 bits per heavy atom. The molecule has 0 saturated carbocycles. The zero-order valence-electron chi connectivity index (χ0n) is 10.6. The number of aliphatic hydroxyl groups excluding tert-OH is 3. The lowest BCUT2D eigenvalue weighted by Crippen LogP contribution is -2.33. The fraction of sp³-hybridized carbons (Fsp3) is 0.455. The Bertz CT molecular complexity index is 790. The molecular formula is C11H12N4O5S. The highest BCUT2D eigenvalue weighted by atomic mass is 32.1. The van der Waals surface area contributed by atoms with Crippen LogP contribution in [0, 0.1) is 4.77 Å². The number of aliphatic hydroxyl groups is 3. The molecule has 4 atom stereocenters. The first-order valence-electron chi connectivity index (χ1n) is 6.12. The second kappa shape index (κ2) is 5.24. The standard InChI is InChI=1S/C11H12N4O5S/c16-3-5-7(18)8(19)10(20-5)15-2-4-9(14-11(15)21)13-6(17)1-12-4/h1-2,5,7-8,10,16,18-19H,3H2,(H,13,14,17,21). The molecule has 3 rings (SSSR count). The van der Waals surface area contributed by atoms with Gasteiger partial charge in [-0.15, -0.1) is 0 Å². The SMILES string of the molecule is O=c1cnc2cn(C3OC(CO)C(O)C3O)c(=S)nc2[nH]1. The number of nitrogens with zero attached hydrogens (tertiary/aromatic N) is 3. The zero-order chi connectivity index (χ0) is 15.1. The van der Waals surface area contributed by atoms with Gasteiger partial charge in [0.25, 0.3) is 5.56 Å². The summed E-state index contributed by atoms with van der Waals surface area (Å²) in [6, 6.07) is 0. The maximum absolute atomic E-state index is 11.2. The molecule has 3 heterocycles. The van der Waals surface area contributed by atoms with Crippen molar-refractivity contribution in [2.24, 2.45) is 0 Å². The molecule has 9 nitrogen and oxygen atoms in total. The van der Waals surface area contributed by atoms with Crippen LogP contribution in [0.5, 0.6) is 0 Å². The van der Waals surface area contributed by atoms with Crippen molar-refractivity contribution >= 4 is 23.4 Å². The molecule has 0 bridgehead atoms. The van der Waals surface area contributed by atoms with E-state index in [0.29, 0.717) is 5.52 Å². The highest BCUT2D eigenvalue weighted by Gasteiger charge is 2.43. The third kappa shape index (κ3) is 2.36. The fourth-order valence-electron chi connectivity index (χ4n) is 2.21. The predicted octanol–water partition coefficient (Wildman–Crippen LogP) is -1.54. The lowest BCUT2D eigenvalue weighted by molar-refractivity contribution is -0.0539. The second-order valence-electron chi connectivity index (χ2n) is 4.64. The van der Waals surface area contributed by atoms with Crippen LogP contribution < -0.4 is 5.56 Å². The number of aromatic amines is 1. The minimum absolute atomic E-state index is 0.0426. The van der Waals surface area contributed by atoms with Gasteiger partial charge in [-0.2, -0.15) is 4.98 Å². The molecule has 4 N–H and O–H groups in total. The van der Waals surface area contributed by atoms with Crippen LogP contribution in [-0.4, -0.2) is 59.8 Å². The second-order valence-corrected chi connectivity index (χ2v) is 5.01. The van der Waals surface area contributed by atoms with E-state index in [1.807, 2.05) is 0 Å². The van der Waals surface area contributed by atoms with Gasteiger partial charge in [0.15, 0.2) is 11.9 Å². The number of rotatable bonds is 2. The van der Waals surface area contributed by atoms with E-state index in [-0.39, 0.29) is 10.4 Å². The number of aromatic nitrogens is 4. The van der Waals surface area contributed by atoms with Crippen LogP contribution in [-0.2, 0) is 4.74 Å². The molecule has 2 aromatic rings. The summed E-state index contributed by atoms with van der Waals surface area (Å²) in [4.78, 5) is 21.6. The molecule has 1 aliphatic heterocycles. The monoisotopic (exact) mass is 312 g/mol. The van der Waals surface area contributed by atoms with Gasteiger partial charge in [-0.05, 0) is 12.2 Å². The molecule has 10 heteroatoms. The van der Waals surface area contributed by atoms with Crippen LogP contribution in [0.4, 0.5) is 0 Å². The third-order valence-electron chi connectivity index (χ3n) is 3.29. The molecule has 0 aliphatic carbocycles. The summed E-state index contributed by atoms with van der Waals surface area (Å²) < 4.78 is 6.75. The van der Waals surface area contributed by atoms with Crippen molar-refractivity contribution in [3.63, 3.8) is 0 Å². The first-order valence-corrected chi connectivity index (χ1v) is 6.53. The number of nitrogens with one attached hydrogen (secondary N) is 1. The molecule has 0 spiro atoms. The van der Waals surface area contributed by atoms with Crippen LogP contribution in [0.15, 0.2) is 17.2 Å². The fourth-order valence-corrected chi connectivity index (χ4v) is 2.46. The predicted molar refractivity (Wildman–Crippen MR) is 72.0 cm³/mol. The molecule has 0 radical (unpaired) electrons. The lowest BCUT2D eigenvalue weighted by Gasteiger charge is -2.18. The van der Waals surface area contributed by atoms with Crippen LogP contribution in [0.3, 0.4) is 0 Å². The van der Waals surface area contributed by atoms with Crippen molar-refractivity contribution in [3.8, 4) is 0 Å². The van der Waals surface area contributed by atoms with Crippen molar-refractivity contribution in [1.29, 1.82) is 0 Å². The van der Waals surface area contributed by atoms with E-state index in [1.165, 1.54) is 10.8 Å². The Labute approximate surface area is 122 Å². The average Bonchev–Trinajstić information content (AvgIpc) is 2.74. The maximum Gasteiger partial charge on any atom is 0.268 e. The Morgan fingerprint density at radius 2 is 2.19 bits per heavy atom. The van der Waals surface area contributed by atoms with E-state index in [0.717, 1.165) is 6.20 Å². The smallest absolute Gasteiger partial charge is 0.268 e. The molecule has 0 amide bonds. The molecule has 1 saturated heterocycles. The van der Waals surface area contributed by atoms with Gasteiger partial charge in [-0.25, -0.2) is 4.98 Å². The van der Waals surface area contributed by atoms with Gasteiger partial charge in [0, 0.05) is 6.20 Å². The Balaban J connectivity index is 2.09. The molecule has 4 unspecified atom stereocenters. The summed E-state index contributed by atoms with van der Waals surface area (Å²) in [6.07, 6.45) is -1.85. The highest BCUT2D eigenvalue weighted by Crippen LogP contribution is 2.29. The van der Waals surface area contributed by atoms with Crippen molar-refractivity contribution in [3.05, 3.63) is 27.5 Å². The van der Waals surface area contributed by atoms with Crippen LogP contribution in [0.25, 0.3) is 11.2 Å². The average molecular weight is 312 g/mol. The number of hydrogen-bond donors (Lipinski definition) is 4. The van der Waals surface area contributed by atoms with Crippen LogP contribution >= 0.6 is 12.2 Å². The molecular weight excluding hydrogens is 300 g/mol. The molecule has 112 valence electrons. The number of fused-ring (bicyclic) bond motifs is 1.